The van der Waals surface area contributed by atoms with Crippen LogP contribution in [0.25, 0.3) is 11.0 Å². The number of hydrogen-bond donors (Lipinski definition) is 3. The molecule has 0 amide bonds. The molecule has 0 unspecified atom stereocenters. The molecule has 1 aromatic heterocycles. The number of benzene rings is 3. The summed E-state index contributed by atoms with van der Waals surface area (Å²) in [6.07, 6.45) is 1.88. The summed E-state index contributed by atoms with van der Waals surface area (Å²) < 4.78 is 23.6. The summed E-state index contributed by atoms with van der Waals surface area (Å²) in [6.45, 7) is 3.89. The van der Waals surface area contributed by atoms with Gasteiger partial charge in [-0.25, -0.2) is 4.98 Å². The van der Waals surface area contributed by atoms with Crippen LogP contribution in [-0.2, 0) is 29.3 Å². The number of aromatic amines is 1. The molecule has 4 aromatic rings. The molecule has 0 spiro atoms. The first-order valence-electron chi connectivity index (χ1n) is 13.6. The first kappa shape index (κ1) is 27.1. The number of rotatable bonds is 13. The van der Waals surface area contributed by atoms with E-state index in [0.29, 0.717) is 38.2 Å². The maximum Gasteiger partial charge on any atom is 0.133 e. The second kappa shape index (κ2) is 13.6. The quantitative estimate of drug-likeness (QED) is 0.215. The van der Waals surface area contributed by atoms with Crippen LogP contribution in [0.15, 0.2) is 66.7 Å². The number of imidazole rings is 1. The Kier molecular flexibility index (Phi) is 9.45. The number of nitrogens with one attached hydrogen (secondary N) is 2. The molecule has 206 valence electrons. The highest BCUT2D eigenvalue weighted by Crippen LogP contribution is 2.30. The number of ether oxygens (including phenoxy) is 4. The van der Waals surface area contributed by atoms with Crippen molar-refractivity contribution in [1.82, 2.24) is 15.3 Å². The second-order valence-electron chi connectivity index (χ2n) is 9.74. The van der Waals surface area contributed by atoms with Gasteiger partial charge in [0.15, 0.2) is 0 Å². The van der Waals surface area contributed by atoms with Crippen molar-refractivity contribution in [3.63, 3.8) is 0 Å². The molecule has 1 fully saturated rings. The van der Waals surface area contributed by atoms with E-state index >= 15 is 0 Å². The minimum Gasteiger partial charge on any atom is -0.496 e. The lowest BCUT2D eigenvalue weighted by Crippen LogP contribution is -2.40. The van der Waals surface area contributed by atoms with E-state index in [4.69, 9.17) is 18.9 Å². The minimum absolute atomic E-state index is 0.0568. The molecule has 1 aliphatic rings. The SMILES string of the molecule is COc1ccccc1COCCCOc1ccc([C@H]2CCNC[C@@H]2OCc2cccc3nc(CO)[nH]c23)cc1. The first-order valence-corrected chi connectivity index (χ1v) is 13.6. The van der Waals surface area contributed by atoms with E-state index in [9.17, 15) is 5.11 Å². The number of aliphatic hydroxyl groups is 1. The van der Waals surface area contributed by atoms with Crippen molar-refractivity contribution in [3.8, 4) is 11.5 Å². The van der Waals surface area contributed by atoms with Crippen LogP contribution in [0, 0.1) is 0 Å². The lowest BCUT2D eigenvalue weighted by Gasteiger charge is -2.32. The molecule has 3 N–H and O–H groups in total. The Labute approximate surface area is 229 Å². The molecule has 2 heterocycles. The summed E-state index contributed by atoms with van der Waals surface area (Å²) in [6, 6.07) is 22.3. The molecular weight excluding hydrogens is 494 g/mol. The summed E-state index contributed by atoms with van der Waals surface area (Å²) in [5.74, 6) is 2.58. The van der Waals surface area contributed by atoms with E-state index in [0.717, 1.165) is 59.6 Å². The van der Waals surface area contributed by atoms with E-state index in [1.165, 1.54) is 5.56 Å². The minimum atomic E-state index is -0.110. The predicted molar refractivity (Wildman–Crippen MR) is 150 cm³/mol. The third-order valence-corrected chi connectivity index (χ3v) is 7.14. The first-order chi connectivity index (χ1) is 19.2. The Morgan fingerprint density at radius 3 is 2.64 bits per heavy atom. The van der Waals surface area contributed by atoms with Gasteiger partial charge in [-0.1, -0.05) is 42.5 Å². The van der Waals surface area contributed by atoms with Gasteiger partial charge >= 0.3 is 0 Å². The van der Waals surface area contributed by atoms with Gasteiger partial charge in [-0.05, 0) is 42.8 Å². The summed E-state index contributed by atoms with van der Waals surface area (Å²) >= 11 is 0. The van der Waals surface area contributed by atoms with Gasteiger partial charge in [0.05, 0.1) is 50.7 Å². The van der Waals surface area contributed by atoms with Crippen molar-refractivity contribution < 1.29 is 24.1 Å². The second-order valence-corrected chi connectivity index (χ2v) is 9.74. The third-order valence-electron chi connectivity index (χ3n) is 7.14. The van der Waals surface area contributed by atoms with Crippen molar-refractivity contribution in [2.45, 2.75) is 44.7 Å². The number of aliphatic hydroxyl groups excluding tert-OH is 1. The van der Waals surface area contributed by atoms with Gasteiger partial charge in [-0.2, -0.15) is 0 Å². The molecule has 3 aromatic carbocycles. The van der Waals surface area contributed by atoms with Crippen LogP contribution in [0.5, 0.6) is 11.5 Å². The summed E-state index contributed by atoms with van der Waals surface area (Å²) in [5, 5.41) is 12.9. The molecule has 1 saturated heterocycles. The predicted octanol–water partition coefficient (Wildman–Crippen LogP) is 4.71. The van der Waals surface area contributed by atoms with Gasteiger partial charge in [-0.15, -0.1) is 0 Å². The van der Waals surface area contributed by atoms with Gasteiger partial charge in [0.1, 0.15) is 23.9 Å². The van der Waals surface area contributed by atoms with Gasteiger partial charge < -0.3 is 34.4 Å². The monoisotopic (exact) mass is 531 g/mol. The normalized spacial score (nSPS) is 17.4. The van der Waals surface area contributed by atoms with Crippen LogP contribution in [0.4, 0.5) is 0 Å². The number of para-hydroxylation sites is 2. The number of H-pyrrole nitrogens is 1. The molecular formula is C31H37N3O5. The van der Waals surface area contributed by atoms with Crippen LogP contribution in [0.3, 0.4) is 0 Å². The fraction of sp³-hybridized carbons (Fsp3) is 0.387. The highest BCUT2D eigenvalue weighted by molar-refractivity contribution is 5.78. The van der Waals surface area contributed by atoms with E-state index in [-0.39, 0.29) is 12.7 Å². The zero-order valence-corrected chi connectivity index (χ0v) is 22.4. The average Bonchev–Trinajstić information content (AvgIpc) is 3.43. The number of methoxy groups -OCH3 is 1. The van der Waals surface area contributed by atoms with Crippen LogP contribution in [-0.4, -0.2) is 54.6 Å². The Morgan fingerprint density at radius 2 is 1.79 bits per heavy atom. The third kappa shape index (κ3) is 6.96. The van der Waals surface area contributed by atoms with E-state index < -0.39 is 0 Å². The average molecular weight is 532 g/mol. The number of fused-ring (bicyclic) bond motifs is 1. The zero-order valence-electron chi connectivity index (χ0n) is 22.4. The topological polar surface area (TPSA) is 97.9 Å². The molecule has 5 rings (SSSR count). The maximum absolute atomic E-state index is 9.43. The van der Waals surface area contributed by atoms with Gasteiger partial charge in [0.2, 0.25) is 0 Å². The maximum atomic E-state index is 9.43. The van der Waals surface area contributed by atoms with Crippen molar-refractivity contribution in [2.24, 2.45) is 0 Å². The largest absolute Gasteiger partial charge is 0.496 e. The summed E-state index contributed by atoms with van der Waals surface area (Å²) in [7, 11) is 1.67. The van der Waals surface area contributed by atoms with Crippen molar-refractivity contribution in [1.29, 1.82) is 0 Å². The standard InChI is InChI=1S/C31H37N3O5/c1-36-28-9-3-2-6-23(28)20-37-16-5-17-38-25-12-10-22(11-13-25)26-14-15-32-18-29(26)39-21-24-7-4-8-27-31(24)34-30(19-35)33-27/h2-4,6-13,26,29,32,35H,5,14-21H2,1H3,(H,33,34)/t26-,29+/m1/s1. The molecule has 0 radical (unpaired) electrons. The number of nitrogens with zero attached hydrogens (tertiary/aromatic N) is 1. The number of piperidine rings is 1. The molecule has 1 aliphatic heterocycles. The Bertz CT molecular complexity index is 1320. The van der Waals surface area contributed by atoms with Gasteiger partial charge in [-0.3, -0.25) is 0 Å². The lowest BCUT2D eigenvalue weighted by atomic mass is 9.87. The molecule has 0 saturated carbocycles. The van der Waals surface area contributed by atoms with E-state index in [1.807, 2.05) is 54.6 Å². The summed E-state index contributed by atoms with van der Waals surface area (Å²) in [4.78, 5) is 7.62. The Hall–Kier alpha value is -3.43. The van der Waals surface area contributed by atoms with Gasteiger partial charge in [0, 0.05) is 30.0 Å². The smallest absolute Gasteiger partial charge is 0.133 e. The van der Waals surface area contributed by atoms with Crippen LogP contribution < -0.4 is 14.8 Å². The van der Waals surface area contributed by atoms with Crippen molar-refractivity contribution in [2.75, 3.05) is 33.4 Å². The van der Waals surface area contributed by atoms with Crippen LogP contribution >= 0.6 is 0 Å². The van der Waals surface area contributed by atoms with E-state index in [2.05, 4.69) is 27.4 Å². The Balaban J connectivity index is 1.10. The highest BCUT2D eigenvalue weighted by atomic mass is 16.5. The van der Waals surface area contributed by atoms with Crippen LogP contribution in [0.1, 0.15) is 41.3 Å². The number of hydrogen-bond acceptors (Lipinski definition) is 7. The number of aromatic nitrogens is 2. The van der Waals surface area contributed by atoms with E-state index in [1.54, 1.807) is 7.11 Å². The molecule has 0 aliphatic carbocycles. The fourth-order valence-electron chi connectivity index (χ4n) is 5.09. The van der Waals surface area contributed by atoms with Crippen molar-refractivity contribution in [3.05, 3.63) is 89.2 Å². The molecule has 2 atom stereocenters. The molecule has 8 heteroatoms. The Morgan fingerprint density at radius 1 is 0.949 bits per heavy atom. The summed E-state index contributed by atoms with van der Waals surface area (Å²) in [5.41, 5.74) is 5.12. The molecule has 0 bridgehead atoms. The lowest BCUT2D eigenvalue weighted by molar-refractivity contribution is 0.0111. The molecule has 39 heavy (non-hydrogen) atoms. The van der Waals surface area contributed by atoms with Crippen LogP contribution in [0.2, 0.25) is 0 Å². The van der Waals surface area contributed by atoms with Gasteiger partial charge in [0.25, 0.3) is 0 Å². The van der Waals surface area contributed by atoms with Crippen molar-refractivity contribution >= 4 is 11.0 Å². The molecule has 8 nitrogen and oxygen atoms in total. The zero-order chi connectivity index (χ0) is 26.9. The fourth-order valence-corrected chi connectivity index (χ4v) is 5.09. The highest BCUT2D eigenvalue weighted by Gasteiger charge is 2.27.